The number of hydrazine groups is 1. The maximum Gasteiger partial charge on any atom is 0.223 e. The molecule has 0 saturated carbocycles. The molecular weight excluding hydrogens is 240 g/mol. The molecule has 1 aliphatic heterocycles. The van der Waals surface area contributed by atoms with Gasteiger partial charge in [-0.1, -0.05) is 19.8 Å². The number of nitrogens with two attached hydrogens (primary N) is 2. The number of aromatic nitrogens is 2. The summed E-state index contributed by atoms with van der Waals surface area (Å²) in [6, 6.07) is 1.86. The van der Waals surface area contributed by atoms with Crippen molar-refractivity contribution in [1.29, 1.82) is 0 Å². The molecule has 19 heavy (non-hydrogen) atoms. The van der Waals surface area contributed by atoms with Crippen molar-refractivity contribution in [3.05, 3.63) is 6.07 Å². The van der Waals surface area contributed by atoms with Gasteiger partial charge in [0.15, 0.2) is 0 Å². The average Bonchev–Trinajstić information content (AvgIpc) is 2.64. The molecule has 0 amide bonds. The molecule has 1 fully saturated rings. The summed E-state index contributed by atoms with van der Waals surface area (Å²) in [4.78, 5) is 10.6. The largest absolute Gasteiger partial charge is 0.368 e. The number of rotatable bonds is 4. The minimum atomic E-state index is 0.264. The van der Waals surface area contributed by atoms with Gasteiger partial charge in [-0.2, -0.15) is 9.97 Å². The Morgan fingerprint density at radius 3 is 2.95 bits per heavy atom. The molecule has 1 unspecified atom stereocenters. The Morgan fingerprint density at radius 2 is 2.21 bits per heavy atom. The molecule has 6 heteroatoms. The number of anilines is 3. The fourth-order valence-corrected chi connectivity index (χ4v) is 2.78. The van der Waals surface area contributed by atoms with E-state index in [1.165, 1.54) is 32.1 Å². The summed E-state index contributed by atoms with van der Waals surface area (Å²) in [7, 11) is 0. The van der Waals surface area contributed by atoms with Crippen LogP contribution in [-0.4, -0.2) is 23.1 Å². The van der Waals surface area contributed by atoms with Gasteiger partial charge in [0.05, 0.1) is 0 Å². The highest BCUT2D eigenvalue weighted by molar-refractivity contribution is 5.52. The lowest BCUT2D eigenvalue weighted by Crippen LogP contribution is -2.26. The van der Waals surface area contributed by atoms with Crippen LogP contribution in [0.1, 0.15) is 39.0 Å². The standard InChI is InChI=1S/C13H24N6/c1-2-4-10-5-3-7-19(8-6-10)12-9-11(18-15)16-13(14)17-12/h9-10H,2-8,15H2,1H3,(H3,14,16,17,18). The molecule has 0 aromatic carbocycles. The minimum absolute atomic E-state index is 0.264. The van der Waals surface area contributed by atoms with Gasteiger partial charge in [-0.05, 0) is 25.2 Å². The Labute approximate surface area is 114 Å². The molecule has 106 valence electrons. The third-order valence-electron chi connectivity index (χ3n) is 3.75. The molecule has 1 aromatic heterocycles. The van der Waals surface area contributed by atoms with E-state index in [4.69, 9.17) is 11.6 Å². The minimum Gasteiger partial charge on any atom is -0.368 e. The quantitative estimate of drug-likeness (QED) is 0.566. The van der Waals surface area contributed by atoms with Gasteiger partial charge in [0, 0.05) is 19.2 Å². The smallest absolute Gasteiger partial charge is 0.223 e. The Morgan fingerprint density at radius 1 is 1.37 bits per heavy atom. The number of hydrogen-bond donors (Lipinski definition) is 3. The van der Waals surface area contributed by atoms with Gasteiger partial charge in [-0.25, -0.2) is 5.84 Å². The topological polar surface area (TPSA) is 93.1 Å². The first-order valence-electron chi connectivity index (χ1n) is 7.09. The molecular formula is C13H24N6. The van der Waals surface area contributed by atoms with E-state index in [0.29, 0.717) is 5.82 Å². The van der Waals surface area contributed by atoms with E-state index in [-0.39, 0.29) is 5.95 Å². The highest BCUT2D eigenvalue weighted by Crippen LogP contribution is 2.25. The van der Waals surface area contributed by atoms with Crippen molar-refractivity contribution in [1.82, 2.24) is 9.97 Å². The molecule has 1 saturated heterocycles. The van der Waals surface area contributed by atoms with Crippen molar-refractivity contribution in [2.24, 2.45) is 11.8 Å². The second-order valence-corrected chi connectivity index (χ2v) is 5.19. The summed E-state index contributed by atoms with van der Waals surface area (Å²) in [5.74, 6) is 7.95. The predicted octanol–water partition coefficient (Wildman–Crippen LogP) is 1.75. The number of nitrogen functional groups attached to an aromatic ring is 2. The fourth-order valence-electron chi connectivity index (χ4n) is 2.78. The van der Waals surface area contributed by atoms with Crippen molar-refractivity contribution >= 4 is 17.6 Å². The van der Waals surface area contributed by atoms with E-state index in [2.05, 4.69) is 27.2 Å². The van der Waals surface area contributed by atoms with Gasteiger partial charge in [-0.15, -0.1) is 0 Å². The van der Waals surface area contributed by atoms with Gasteiger partial charge < -0.3 is 16.1 Å². The monoisotopic (exact) mass is 264 g/mol. The van der Waals surface area contributed by atoms with E-state index in [0.717, 1.165) is 24.8 Å². The zero-order chi connectivity index (χ0) is 13.7. The number of hydrogen-bond acceptors (Lipinski definition) is 6. The molecule has 1 aromatic rings. The van der Waals surface area contributed by atoms with Gasteiger partial charge in [0.1, 0.15) is 11.6 Å². The summed E-state index contributed by atoms with van der Waals surface area (Å²) in [6.07, 6.45) is 6.34. The van der Waals surface area contributed by atoms with Crippen molar-refractivity contribution in [3.63, 3.8) is 0 Å². The number of nitrogens with one attached hydrogen (secondary N) is 1. The summed E-state index contributed by atoms with van der Waals surface area (Å²) in [6.45, 7) is 4.32. The van der Waals surface area contributed by atoms with Crippen molar-refractivity contribution < 1.29 is 0 Å². The molecule has 0 bridgehead atoms. The van der Waals surface area contributed by atoms with Gasteiger partial charge in [0.25, 0.3) is 0 Å². The summed E-state index contributed by atoms with van der Waals surface area (Å²) in [5.41, 5.74) is 8.25. The second kappa shape index (κ2) is 6.56. The molecule has 5 N–H and O–H groups in total. The molecule has 6 nitrogen and oxygen atoms in total. The Balaban J connectivity index is 2.07. The highest BCUT2D eigenvalue weighted by Gasteiger charge is 2.18. The lowest BCUT2D eigenvalue weighted by atomic mass is 9.96. The van der Waals surface area contributed by atoms with Crippen LogP contribution in [0.3, 0.4) is 0 Å². The normalized spacial score (nSPS) is 20.1. The molecule has 0 radical (unpaired) electrons. The fraction of sp³-hybridized carbons (Fsp3) is 0.692. The van der Waals surface area contributed by atoms with Crippen LogP contribution in [0.2, 0.25) is 0 Å². The lowest BCUT2D eigenvalue weighted by molar-refractivity contribution is 0.435. The first kappa shape index (κ1) is 13.9. The SMILES string of the molecule is CCCC1CCCN(c2cc(NN)nc(N)n2)CC1. The van der Waals surface area contributed by atoms with Crippen LogP contribution in [-0.2, 0) is 0 Å². The number of nitrogens with zero attached hydrogens (tertiary/aromatic N) is 3. The molecule has 2 rings (SSSR count). The zero-order valence-electron chi connectivity index (χ0n) is 11.6. The summed E-state index contributed by atoms with van der Waals surface area (Å²) >= 11 is 0. The highest BCUT2D eigenvalue weighted by atomic mass is 15.3. The predicted molar refractivity (Wildman–Crippen MR) is 78.7 cm³/mol. The van der Waals surface area contributed by atoms with Crippen LogP contribution in [0, 0.1) is 5.92 Å². The van der Waals surface area contributed by atoms with Gasteiger partial charge in [-0.3, -0.25) is 0 Å². The van der Waals surface area contributed by atoms with Crippen molar-refractivity contribution in [3.8, 4) is 0 Å². The van der Waals surface area contributed by atoms with Crippen LogP contribution in [0.4, 0.5) is 17.6 Å². The van der Waals surface area contributed by atoms with E-state index in [1.54, 1.807) is 0 Å². The first-order chi connectivity index (χ1) is 9.22. The third-order valence-corrected chi connectivity index (χ3v) is 3.75. The molecule has 0 aliphatic carbocycles. The molecule has 2 heterocycles. The van der Waals surface area contributed by atoms with Gasteiger partial charge >= 0.3 is 0 Å². The molecule has 1 aliphatic rings. The lowest BCUT2D eigenvalue weighted by Gasteiger charge is -2.22. The first-order valence-corrected chi connectivity index (χ1v) is 7.09. The molecule has 0 spiro atoms. The van der Waals surface area contributed by atoms with E-state index in [9.17, 15) is 0 Å². The average molecular weight is 264 g/mol. The Hall–Kier alpha value is -1.56. The van der Waals surface area contributed by atoms with E-state index >= 15 is 0 Å². The maximum absolute atomic E-state index is 5.71. The maximum atomic E-state index is 5.71. The van der Waals surface area contributed by atoms with Crippen molar-refractivity contribution in [2.45, 2.75) is 39.0 Å². The van der Waals surface area contributed by atoms with Crippen LogP contribution in [0.5, 0.6) is 0 Å². The summed E-state index contributed by atoms with van der Waals surface area (Å²) < 4.78 is 0. The zero-order valence-corrected chi connectivity index (χ0v) is 11.6. The van der Waals surface area contributed by atoms with Crippen LogP contribution < -0.4 is 21.9 Å². The third kappa shape index (κ3) is 3.70. The molecule has 1 atom stereocenters. The van der Waals surface area contributed by atoms with Crippen LogP contribution in [0.25, 0.3) is 0 Å². The van der Waals surface area contributed by atoms with Gasteiger partial charge in [0.2, 0.25) is 5.95 Å². The summed E-state index contributed by atoms with van der Waals surface area (Å²) in [5, 5.41) is 0. The Kier molecular flexibility index (Phi) is 4.79. The van der Waals surface area contributed by atoms with E-state index in [1.807, 2.05) is 6.07 Å². The van der Waals surface area contributed by atoms with E-state index < -0.39 is 0 Å². The van der Waals surface area contributed by atoms with Crippen molar-refractivity contribution in [2.75, 3.05) is 29.1 Å². The second-order valence-electron chi connectivity index (χ2n) is 5.19. The van der Waals surface area contributed by atoms with Crippen LogP contribution >= 0.6 is 0 Å². The van der Waals surface area contributed by atoms with Crippen LogP contribution in [0.15, 0.2) is 6.07 Å². The Bertz CT molecular complexity index is 408.